The summed E-state index contributed by atoms with van der Waals surface area (Å²) in [6.07, 6.45) is 0.680. The van der Waals surface area contributed by atoms with E-state index in [0.717, 1.165) is 11.4 Å². The maximum absolute atomic E-state index is 14.6. The van der Waals surface area contributed by atoms with Crippen LogP contribution in [0, 0.1) is 25.2 Å². The van der Waals surface area contributed by atoms with E-state index < -0.39 is 12.3 Å². The van der Waals surface area contributed by atoms with Crippen LogP contribution in [0.4, 0.5) is 10.2 Å². The van der Waals surface area contributed by atoms with E-state index in [1.807, 2.05) is 18.7 Å². The van der Waals surface area contributed by atoms with E-state index in [2.05, 4.69) is 16.0 Å². The molecule has 0 spiro atoms. The SMILES string of the molecule is Cc1ncc(C)c(N2CC[C@H](Oc3cccc(C#N)c3)[C@@H](F)C2)n1. The largest absolute Gasteiger partial charge is 0.487 e. The van der Waals surface area contributed by atoms with Crippen molar-refractivity contribution in [1.29, 1.82) is 5.26 Å². The van der Waals surface area contributed by atoms with Gasteiger partial charge in [0.1, 0.15) is 23.5 Å². The zero-order chi connectivity index (χ0) is 17.1. The summed E-state index contributed by atoms with van der Waals surface area (Å²) in [4.78, 5) is 10.5. The summed E-state index contributed by atoms with van der Waals surface area (Å²) >= 11 is 0. The molecule has 1 aromatic heterocycles. The van der Waals surface area contributed by atoms with E-state index >= 15 is 0 Å². The molecule has 2 aromatic rings. The Morgan fingerprint density at radius 1 is 1.38 bits per heavy atom. The first kappa shape index (κ1) is 16.2. The summed E-state index contributed by atoms with van der Waals surface area (Å²) in [5.41, 5.74) is 1.45. The van der Waals surface area contributed by atoms with Crippen molar-refractivity contribution in [3.05, 3.63) is 47.4 Å². The van der Waals surface area contributed by atoms with E-state index in [1.165, 1.54) is 0 Å². The zero-order valence-corrected chi connectivity index (χ0v) is 13.7. The third-order valence-corrected chi connectivity index (χ3v) is 4.10. The number of ether oxygens (including phenoxy) is 1. The number of nitrogens with zero attached hydrogens (tertiary/aromatic N) is 4. The van der Waals surface area contributed by atoms with Crippen molar-refractivity contribution in [3.63, 3.8) is 0 Å². The van der Waals surface area contributed by atoms with Crippen LogP contribution in [0.3, 0.4) is 0 Å². The third kappa shape index (κ3) is 3.46. The second-order valence-corrected chi connectivity index (χ2v) is 5.97. The number of benzene rings is 1. The molecule has 0 bridgehead atoms. The van der Waals surface area contributed by atoms with Gasteiger partial charge in [-0.3, -0.25) is 0 Å². The molecule has 1 saturated heterocycles. The van der Waals surface area contributed by atoms with E-state index in [-0.39, 0.29) is 6.54 Å². The summed E-state index contributed by atoms with van der Waals surface area (Å²) in [7, 11) is 0. The number of anilines is 1. The van der Waals surface area contributed by atoms with Crippen molar-refractivity contribution in [2.45, 2.75) is 32.5 Å². The van der Waals surface area contributed by atoms with E-state index in [9.17, 15) is 4.39 Å². The van der Waals surface area contributed by atoms with E-state index in [4.69, 9.17) is 10.00 Å². The molecule has 24 heavy (non-hydrogen) atoms. The third-order valence-electron chi connectivity index (χ3n) is 4.10. The van der Waals surface area contributed by atoms with E-state index in [0.29, 0.717) is 30.1 Å². The van der Waals surface area contributed by atoms with Crippen LogP contribution in [-0.2, 0) is 0 Å². The molecule has 1 fully saturated rings. The van der Waals surface area contributed by atoms with Gasteiger partial charge < -0.3 is 9.64 Å². The standard InChI is InChI=1S/C18H19FN4O/c1-12-10-21-13(2)22-18(12)23-7-6-17(16(19)11-23)24-15-5-3-4-14(8-15)9-20/h3-5,8,10,16-17H,6-7,11H2,1-2H3/t16-,17-/m0/s1. The number of aryl methyl sites for hydroxylation is 2. The molecular formula is C18H19FN4O. The summed E-state index contributed by atoms with van der Waals surface area (Å²) < 4.78 is 20.4. The number of nitriles is 1. The number of halogens is 1. The zero-order valence-electron chi connectivity index (χ0n) is 13.7. The van der Waals surface area contributed by atoms with Gasteiger partial charge in [0.2, 0.25) is 0 Å². The molecule has 1 aliphatic rings. The fourth-order valence-corrected chi connectivity index (χ4v) is 2.86. The second-order valence-electron chi connectivity index (χ2n) is 5.97. The first-order valence-electron chi connectivity index (χ1n) is 7.93. The van der Waals surface area contributed by atoms with Crippen molar-refractivity contribution >= 4 is 5.82 Å². The summed E-state index contributed by atoms with van der Waals surface area (Å²) in [5, 5.41) is 8.93. The monoisotopic (exact) mass is 326 g/mol. The quantitative estimate of drug-likeness (QED) is 0.868. The molecule has 0 saturated carbocycles. The minimum Gasteiger partial charge on any atom is -0.487 e. The predicted molar refractivity (Wildman–Crippen MR) is 88.8 cm³/mol. The van der Waals surface area contributed by atoms with Crippen LogP contribution >= 0.6 is 0 Å². The van der Waals surface area contributed by atoms with Crippen LogP contribution in [0.5, 0.6) is 5.75 Å². The summed E-state index contributed by atoms with van der Waals surface area (Å²) in [6, 6.07) is 8.88. The number of hydrogen-bond acceptors (Lipinski definition) is 5. The topological polar surface area (TPSA) is 62.0 Å². The average Bonchev–Trinajstić information content (AvgIpc) is 2.59. The number of rotatable bonds is 3. The molecule has 0 amide bonds. The average molecular weight is 326 g/mol. The molecule has 5 nitrogen and oxygen atoms in total. The van der Waals surface area contributed by atoms with Crippen molar-refractivity contribution in [1.82, 2.24) is 9.97 Å². The van der Waals surface area contributed by atoms with Crippen molar-refractivity contribution in [2.75, 3.05) is 18.0 Å². The van der Waals surface area contributed by atoms with Crippen LogP contribution in [0.1, 0.15) is 23.4 Å². The van der Waals surface area contributed by atoms with Crippen molar-refractivity contribution in [2.24, 2.45) is 0 Å². The van der Waals surface area contributed by atoms with Gasteiger partial charge in [-0.15, -0.1) is 0 Å². The molecule has 0 unspecified atom stereocenters. The van der Waals surface area contributed by atoms with Gasteiger partial charge in [0, 0.05) is 24.7 Å². The Balaban J connectivity index is 1.69. The number of aromatic nitrogens is 2. The lowest BCUT2D eigenvalue weighted by atomic mass is 10.1. The summed E-state index contributed by atoms with van der Waals surface area (Å²) in [5.74, 6) is 2.00. The van der Waals surface area contributed by atoms with Gasteiger partial charge in [-0.05, 0) is 32.0 Å². The Labute approximate surface area is 140 Å². The lowest BCUT2D eigenvalue weighted by Crippen LogP contribution is -2.47. The Morgan fingerprint density at radius 2 is 2.21 bits per heavy atom. The highest BCUT2D eigenvalue weighted by atomic mass is 19.1. The lowest BCUT2D eigenvalue weighted by Gasteiger charge is -2.36. The molecule has 1 aliphatic heterocycles. The minimum atomic E-state index is -1.13. The molecule has 0 aliphatic carbocycles. The maximum Gasteiger partial charge on any atom is 0.154 e. The molecule has 6 heteroatoms. The highest BCUT2D eigenvalue weighted by Gasteiger charge is 2.32. The smallest absolute Gasteiger partial charge is 0.154 e. The predicted octanol–water partition coefficient (Wildman–Crippen LogP) is 2.96. The molecule has 2 atom stereocenters. The van der Waals surface area contributed by atoms with Gasteiger partial charge in [0.25, 0.3) is 0 Å². The second kappa shape index (κ2) is 6.83. The van der Waals surface area contributed by atoms with Crippen LogP contribution in [0.2, 0.25) is 0 Å². The normalized spacial score (nSPS) is 20.5. The molecule has 2 heterocycles. The molecule has 3 rings (SSSR count). The van der Waals surface area contributed by atoms with Gasteiger partial charge >= 0.3 is 0 Å². The maximum atomic E-state index is 14.6. The number of piperidine rings is 1. The molecular weight excluding hydrogens is 307 g/mol. The molecule has 0 N–H and O–H groups in total. The first-order valence-corrected chi connectivity index (χ1v) is 7.93. The van der Waals surface area contributed by atoms with Crippen LogP contribution < -0.4 is 9.64 Å². The number of alkyl halides is 1. The number of hydrogen-bond donors (Lipinski definition) is 0. The fraction of sp³-hybridized carbons (Fsp3) is 0.389. The lowest BCUT2D eigenvalue weighted by molar-refractivity contribution is 0.0818. The Morgan fingerprint density at radius 3 is 2.96 bits per heavy atom. The van der Waals surface area contributed by atoms with Gasteiger partial charge in [-0.1, -0.05) is 6.07 Å². The highest BCUT2D eigenvalue weighted by molar-refractivity contribution is 5.46. The Kier molecular flexibility index (Phi) is 4.61. The Hall–Kier alpha value is -2.68. The minimum absolute atomic E-state index is 0.236. The Bertz CT molecular complexity index is 774. The fourth-order valence-electron chi connectivity index (χ4n) is 2.86. The molecule has 0 radical (unpaired) electrons. The molecule has 124 valence electrons. The molecule has 1 aromatic carbocycles. The summed E-state index contributed by atoms with van der Waals surface area (Å²) in [6.45, 7) is 4.66. The van der Waals surface area contributed by atoms with E-state index in [1.54, 1.807) is 30.5 Å². The van der Waals surface area contributed by atoms with Gasteiger partial charge in [-0.25, -0.2) is 14.4 Å². The van der Waals surface area contributed by atoms with Crippen molar-refractivity contribution in [3.8, 4) is 11.8 Å². The first-order chi connectivity index (χ1) is 11.6. The van der Waals surface area contributed by atoms with Gasteiger partial charge in [0.05, 0.1) is 18.2 Å². The van der Waals surface area contributed by atoms with Crippen LogP contribution in [0.15, 0.2) is 30.5 Å². The van der Waals surface area contributed by atoms with Gasteiger partial charge in [0.15, 0.2) is 6.17 Å². The van der Waals surface area contributed by atoms with Crippen LogP contribution in [0.25, 0.3) is 0 Å². The van der Waals surface area contributed by atoms with Crippen molar-refractivity contribution < 1.29 is 9.13 Å². The highest BCUT2D eigenvalue weighted by Crippen LogP contribution is 2.26. The van der Waals surface area contributed by atoms with Crippen LogP contribution in [-0.4, -0.2) is 35.3 Å². The van der Waals surface area contributed by atoms with Gasteiger partial charge in [-0.2, -0.15) is 5.26 Å².